The fourth-order valence-electron chi connectivity index (χ4n) is 3.26. The summed E-state index contributed by atoms with van der Waals surface area (Å²) in [6, 6.07) is 15.3. The third kappa shape index (κ3) is 4.74. The number of carbonyl (C=O) groups is 3. The van der Waals surface area contributed by atoms with Gasteiger partial charge in [0.15, 0.2) is 0 Å². The lowest BCUT2D eigenvalue weighted by Crippen LogP contribution is -2.43. The molecule has 30 heavy (non-hydrogen) atoms. The minimum Gasteiger partial charge on any atom is -0.480 e. The lowest BCUT2D eigenvalue weighted by molar-refractivity contribution is -0.136. The topological polar surface area (TPSA) is 86.7 Å². The van der Waals surface area contributed by atoms with Crippen LogP contribution in [0.15, 0.2) is 60.3 Å². The van der Waals surface area contributed by atoms with Crippen molar-refractivity contribution in [1.29, 1.82) is 0 Å². The van der Waals surface area contributed by atoms with Crippen LogP contribution in [0, 0.1) is 5.92 Å². The predicted octanol–water partition coefficient (Wildman–Crippen LogP) is 3.28. The summed E-state index contributed by atoms with van der Waals surface area (Å²) in [7, 11) is 0. The van der Waals surface area contributed by atoms with Crippen LogP contribution in [0.5, 0.6) is 0 Å². The number of allylic oxidation sites excluding steroid dienone is 1. The van der Waals surface area contributed by atoms with Crippen LogP contribution < -0.4 is 10.2 Å². The number of nitrogens with zero attached hydrogens (tertiary/aromatic N) is 1. The molecule has 0 radical (unpaired) electrons. The average molecular weight is 425 g/mol. The van der Waals surface area contributed by atoms with Gasteiger partial charge in [-0.15, -0.1) is 0 Å². The molecule has 1 aliphatic heterocycles. The Morgan fingerprint density at radius 3 is 2.47 bits per heavy atom. The third-order valence-electron chi connectivity index (χ3n) is 4.94. The summed E-state index contributed by atoms with van der Waals surface area (Å²) in [5.41, 5.74) is 3.23. The summed E-state index contributed by atoms with van der Waals surface area (Å²) in [6.45, 7) is 3.21. The van der Waals surface area contributed by atoms with Gasteiger partial charge in [0.1, 0.15) is 12.2 Å². The van der Waals surface area contributed by atoms with Crippen molar-refractivity contribution in [3.8, 4) is 11.1 Å². The van der Waals surface area contributed by atoms with Gasteiger partial charge in [0.05, 0.1) is 5.25 Å². The Hall–Kier alpha value is -3.06. The molecule has 1 aliphatic rings. The van der Waals surface area contributed by atoms with Gasteiger partial charge in [-0.1, -0.05) is 62.4 Å². The molecule has 156 valence electrons. The number of anilines is 1. The molecule has 2 N–H and O–H groups in total. The van der Waals surface area contributed by atoms with Crippen molar-refractivity contribution in [3.63, 3.8) is 0 Å². The molecule has 0 saturated carbocycles. The highest BCUT2D eigenvalue weighted by atomic mass is 32.1. The Bertz CT molecular complexity index is 1000. The molecular weight excluding hydrogens is 400 g/mol. The van der Waals surface area contributed by atoms with E-state index >= 15 is 0 Å². The summed E-state index contributed by atoms with van der Waals surface area (Å²) < 4.78 is 0. The second kappa shape index (κ2) is 9.17. The molecule has 1 atom stereocenters. The number of hydrogen-bond donors (Lipinski definition) is 3. The van der Waals surface area contributed by atoms with Crippen molar-refractivity contribution in [2.45, 2.75) is 25.5 Å². The molecule has 1 unspecified atom stereocenters. The Labute approximate surface area is 181 Å². The maximum Gasteiger partial charge on any atom is 0.323 e. The molecule has 1 heterocycles. The molecule has 6 nitrogen and oxygen atoms in total. The number of nitrogens with one attached hydrogen (secondary N) is 1. The van der Waals surface area contributed by atoms with E-state index in [4.69, 9.17) is 0 Å². The number of carbonyl (C=O) groups excluding carboxylic acids is 2. The predicted molar refractivity (Wildman–Crippen MR) is 119 cm³/mol. The maximum atomic E-state index is 13.2. The van der Waals surface area contributed by atoms with Crippen LogP contribution in [-0.4, -0.2) is 34.7 Å². The zero-order valence-electron chi connectivity index (χ0n) is 16.8. The number of amides is 2. The first-order valence-electron chi connectivity index (χ1n) is 9.69. The van der Waals surface area contributed by atoms with E-state index < -0.39 is 23.7 Å². The number of carboxylic acid groups (broad SMARTS) is 1. The Morgan fingerprint density at radius 1 is 1.13 bits per heavy atom. The van der Waals surface area contributed by atoms with Crippen molar-refractivity contribution in [3.05, 3.63) is 65.9 Å². The SMILES string of the molecule is CC(C)C(S)C(=O)NC1=CCc2ccc(-c3ccccc3)cc2N(CC(=O)O)C1=O. The van der Waals surface area contributed by atoms with Crippen LogP contribution in [0.3, 0.4) is 0 Å². The minimum absolute atomic E-state index is 0.0180. The van der Waals surface area contributed by atoms with Gasteiger partial charge >= 0.3 is 5.97 Å². The molecule has 2 amide bonds. The molecule has 0 aliphatic carbocycles. The summed E-state index contributed by atoms with van der Waals surface area (Å²) in [5, 5.41) is 11.5. The van der Waals surface area contributed by atoms with Crippen LogP contribution in [0.2, 0.25) is 0 Å². The smallest absolute Gasteiger partial charge is 0.323 e. The number of aliphatic carboxylic acids is 1. The molecule has 0 fully saturated rings. The van der Waals surface area contributed by atoms with E-state index in [2.05, 4.69) is 17.9 Å². The molecule has 7 heteroatoms. The summed E-state index contributed by atoms with van der Waals surface area (Å²) in [4.78, 5) is 38.3. The molecule has 2 aromatic rings. The van der Waals surface area contributed by atoms with Gasteiger partial charge in [0.2, 0.25) is 5.91 Å². The lowest BCUT2D eigenvalue weighted by Gasteiger charge is -2.24. The number of thiol groups is 1. The molecule has 3 rings (SSSR count). The number of carboxylic acids is 1. The zero-order chi connectivity index (χ0) is 21.8. The fourth-order valence-corrected chi connectivity index (χ4v) is 3.32. The van der Waals surface area contributed by atoms with Crippen molar-refractivity contribution in [1.82, 2.24) is 5.32 Å². The van der Waals surface area contributed by atoms with Gasteiger partial charge in [-0.25, -0.2) is 0 Å². The first-order chi connectivity index (χ1) is 14.3. The molecule has 0 bridgehead atoms. The summed E-state index contributed by atoms with van der Waals surface area (Å²) in [6.07, 6.45) is 2.02. The van der Waals surface area contributed by atoms with Gasteiger partial charge in [-0.3, -0.25) is 19.3 Å². The first kappa shape index (κ1) is 21.6. The van der Waals surface area contributed by atoms with E-state index in [-0.39, 0.29) is 17.5 Å². The number of fused-ring (bicyclic) bond motifs is 1. The maximum absolute atomic E-state index is 13.2. The van der Waals surface area contributed by atoms with Crippen LogP contribution in [0.1, 0.15) is 19.4 Å². The van der Waals surface area contributed by atoms with Crippen LogP contribution in [0.25, 0.3) is 11.1 Å². The number of rotatable bonds is 6. The van der Waals surface area contributed by atoms with E-state index in [0.717, 1.165) is 16.7 Å². The van der Waals surface area contributed by atoms with Crippen molar-refractivity contribution in [2.75, 3.05) is 11.4 Å². The monoisotopic (exact) mass is 424 g/mol. The molecule has 2 aromatic carbocycles. The van der Waals surface area contributed by atoms with Crippen molar-refractivity contribution >= 4 is 36.1 Å². The van der Waals surface area contributed by atoms with E-state index in [9.17, 15) is 19.5 Å². The summed E-state index contributed by atoms with van der Waals surface area (Å²) >= 11 is 4.30. The van der Waals surface area contributed by atoms with E-state index in [1.54, 1.807) is 6.08 Å². The normalized spacial score (nSPS) is 14.6. The Morgan fingerprint density at radius 2 is 1.83 bits per heavy atom. The largest absolute Gasteiger partial charge is 0.480 e. The second-order valence-electron chi connectivity index (χ2n) is 7.49. The van der Waals surface area contributed by atoms with Gasteiger partial charge in [-0.2, -0.15) is 12.6 Å². The van der Waals surface area contributed by atoms with Crippen molar-refractivity contribution < 1.29 is 19.5 Å². The van der Waals surface area contributed by atoms with Crippen LogP contribution >= 0.6 is 12.6 Å². The highest BCUT2D eigenvalue weighted by Gasteiger charge is 2.29. The van der Waals surface area contributed by atoms with Gasteiger partial charge in [-0.05, 0) is 35.1 Å². The van der Waals surface area contributed by atoms with Crippen molar-refractivity contribution in [2.24, 2.45) is 5.92 Å². The quantitative estimate of drug-likeness (QED) is 0.621. The van der Waals surface area contributed by atoms with E-state index in [1.807, 2.05) is 62.4 Å². The Kier molecular flexibility index (Phi) is 6.62. The second-order valence-corrected chi connectivity index (χ2v) is 8.05. The highest BCUT2D eigenvalue weighted by Crippen LogP contribution is 2.31. The van der Waals surface area contributed by atoms with Gasteiger partial charge in [0, 0.05) is 5.69 Å². The molecule has 0 aromatic heterocycles. The number of benzene rings is 2. The van der Waals surface area contributed by atoms with E-state index in [1.165, 1.54) is 4.90 Å². The third-order valence-corrected chi connectivity index (χ3v) is 5.77. The van der Waals surface area contributed by atoms with E-state index in [0.29, 0.717) is 12.1 Å². The number of hydrogen-bond acceptors (Lipinski definition) is 4. The average Bonchev–Trinajstić information content (AvgIpc) is 2.85. The van der Waals surface area contributed by atoms with Crippen LogP contribution in [0.4, 0.5) is 5.69 Å². The Balaban J connectivity index is 1.98. The zero-order valence-corrected chi connectivity index (χ0v) is 17.7. The first-order valence-corrected chi connectivity index (χ1v) is 10.2. The van der Waals surface area contributed by atoms with Gasteiger partial charge < -0.3 is 10.4 Å². The summed E-state index contributed by atoms with van der Waals surface area (Å²) in [5.74, 6) is -2.10. The fraction of sp³-hybridized carbons (Fsp3) is 0.261. The standard InChI is InChI=1S/C23H24N2O4S/c1-14(2)21(30)22(28)24-18-11-10-16-8-9-17(15-6-4-3-5-7-15)12-19(16)25(23(18)29)13-20(26)27/h3-9,11-12,14,21,30H,10,13H2,1-2H3,(H,24,28)(H,26,27). The molecular formula is C23H24N2O4S. The molecule has 0 saturated heterocycles. The molecule has 0 spiro atoms. The van der Waals surface area contributed by atoms with Gasteiger partial charge in [0.25, 0.3) is 5.91 Å². The van der Waals surface area contributed by atoms with Crippen LogP contribution in [-0.2, 0) is 20.8 Å². The highest BCUT2D eigenvalue weighted by molar-refractivity contribution is 7.81. The lowest BCUT2D eigenvalue weighted by atomic mass is 10.0. The minimum atomic E-state index is -1.14.